The van der Waals surface area contributed by atoms with Gasteiger partial charge in [-0.2, -0.15) is 4.31 Å². The number of sulfonamides is 1. The van der Waals surface area contributed by atoms with Crippen molar-refractivity contribution in [3.05, 3.63) is 28.8 Å². The van der Waals surface area contributed by atoms with Gasteiger partial charge >= 0.3 is 0 Å². The Morgan fingerprint density at radius 3 is 2.80 bits per heavy atom. The number of amides is 1. The van der Waals surface area contributed by atoms with Crippen LogP contribution < -0.4 is 5.32 Å². The van der Waals surface area contributed by atoms with E-state index < -0.39 is 16.1 Å². The quantitative estimate of drug-likeness (QED) is 0.927. The van der Waals surface area contributed by atoms with Crippen LogP contribution in [0.15, 0.2) is 18.2 Å². The predicted octanol–water partition coefficient (Wildman–Crippen LogP) is 2.01. The lowest BCUT2D eigenvalue weighted by Crippen LogP contribution is -2.42. The van der Waals surface area contributed by atoms with E-state index in [-0.39, 0.29) is 5.91 Å². The molecule has 1 aliphatic rings. The van der Waals surface area contributed by atoms with Crippen molar-refractivity contribution >= 4 is 33.2 Å². The zero-order valence-electron chi connectivity index (χ0n) is 11.4. The molecule has 0 saturated carbocycles. The second kappa shape index (κ2) is 5.71. The van der Waals surface area contributed by atoms with E-state index in [1.807, 2.05) is 0 Å². The number of nitrogens with one attached hydrogen (secondary N) is 1. The molecular weight excluding hydrogens is 300 g/mol. The highest BCUT2D eigenvalue weighted by molar-refractivity contribution is 7.88. The summed E-state index contributed by atoms with van der Waals surface area (Å²) in [5, 5.41) is 3.33. The minimum Gasteiger partial charge on any atom is -0.324 e. The standard InChI is InChI=1S/C13H17ClN2O3S/c1-9-10(14)5-3-6-11(9)15-13(17)12-7-4-8-16(12)20(2,18)19/h3,5-6,12H,4,7-8H2,1-2H3,(H,15,17). The third-order valence-electron chi connectivity index (χ3n) is 3.46. The predicted molar refractivity (Wildman–Crippen MR) is 79.4 cm³/mol. The summed E-state index contributed by atoms with van der Waals surface area (Å²) >= 11 is 6.00. The van der Waals surface area contributed by atoms with Crippen LogP contribution in [0.2, 0.25) is 5.02 Å². The van der Waals surface area contributed by atoms with E-state index in [1.165, 1.54) is 4.31 Å². The normalized spacial score (nSPS) is 20.1. The third kappa shape index (κ3) is 3.13. The van der Waals surface area contributed by atoms with E-state index in [0.29, 0.717) is 30.1 Å². The molecule has 1 aromatic rings. The Morgan fingerprint density at radius 2 is 2.15 bits per heavy atom. The third-order valence-corrected chi connectivity index (χ3v) is 5.16. The molecule has 1 amide bonds. The molecule has 1 unspecified atom stereocenters. The molecule has 1 atom stereocenters. The van der Waals surface area contributed by atoms with Gasteiger partial charge in [0.25, 0.3) is 0 Å². The molecule has 0 bridgehead atoms. The number of benzene rings is 1. The molecule has 1 heterocycles. The average molecular weight is 317 g/mol. The second-order valence-corrected chi connectivity index (χ2v) is 7.28. The van der Waals surface area contributed by atoms with Crippen molar-refractivity contribution in [2.45, 2.75) is 25.8 Å². The first-order valence-corrected chi connectivity index (χ1v) is 8.56. The van der Waals surface area contributed by atoms with Gasteiger partial charge in [0.05, 0.1) is 6.26 Å². The lowest BCUT2D eigenvalue weighted by Gasteiger charge is -2.21. The van der Waals surface area contributed by atoms with Gasteiger partial charge in [-0.05, 0) is 37.5 Å². The topological polar surface area (TPSA) is 66.5 Å². The molecule has 1 fully saturated rings. The van der Waals surface area contributed by atoms with Gasteiger partial charge in [0.2, 0.25) is 15.9 Å². The molecule has 0 aliphatic carbocycles. The van der Waals surface area contributed by atoms with Crippen molar-refractivity contribution in [2.75, 3.05) is 18.1 Å². The van der Waals surface area contributed by atoms with Crippen LogP contribution in [0, 0.1) is 6.92 Å². The Balaban J connectivity index is 2.18. The van der Waals surface area contributed by atoms with Crippen LogP contribution in [-0.4, -0.2) is 37.5 Å². The number of nitrogens with zero attached hydrogens (tertiary/aromatic N) is 1. The van der Waals surface area contributed by atoms with Crippen LogP contribution in [0.4, 0.5) is 5.69 Å². The van der Waals surface area contributed by atoms with E-state index in [2.05, 4.69) is 5.32 Å². The molecule has 5 nitrogen and oxygen atoms in total. The van der Waals surface area contributed by atoms with E-state index in [9.17, 15) is 13.2 Å². The molecule has 20 heavy (non-hydrogen) atoms. The van der Waals surface area contributed by atoms with Gasteiger partial charge in [-0.15, -0.1) is 0 Å². The SMILES string of the molecule is Cc1c(Cl)cccc1NC(=O)C1CCCN1S(C)(=O)=O. The Kier molecular flexibility index (Phi) is 4.36. The Labute approximate surface area is 124 Å². The van der Waals surface area contributed by atoms with Gasteiger partial charge in [0.1, 0.15) is 6.04 Å². The summed E-state index contributed by atoms with van der Waals surface area (Å²) in [5.41, 5.74) is 1.38. The number of carbonyl (C=O) groups excluding carboxylic acids is 1. The van der Waals surface area contributed by atoms with Crippen molar-refractivity contribution in [2.24, 2.45) is 0 Å². The smallest absolute Gasteiger partial charge is 0.242 e. The molecule has 2 rings (SSSR count). The first-order chi connectivity index (χ1) is 9.30. The van der Waals surface area contributed by atoms with Crippen LogP contribution in [0.3, 0.4) is 0 Å². The number of rotatable bonds is 3. The molecule has 1 aliphatic heterocycles. The van der Waals surface area contributed by atoms with Gasteiger partial charge in [0, 0.05) is 17.3 Å². The fourth-order valence-corrected chi connectivity index (χ4v) is 3.66. The molecule has 0 radical (unpaired) electrons. The lowest BCUT2D eigenvalue weighted by atomic mass is 10.1. The van der Waals surface area contributed by atoms with E-state index in [4.69, 9.17) is 11.6 Å². The Morgan fingerprint density at radius 1 is 1.45 bits per heavy atom. The van der Waals surface area contributed by atoms with Crippen molar-refractivity contribution in [3.63, 3.8) is 0 Å². The van der Waals surface area contributed by atoms with Crippen LogP contribution in [-0.2, 0) is 14.8 Å². The summed E-state index contributed by atoms with van der Waals surface area (Å²) in [5.74, 6) is -0.307. The first kappa shape index (κ1) is 15.3. The van der Waals surface area contributed by atoms with Crippen molar-refractivity contribution in [1.29, 1.82) is 0 Å². The highest BCUT2D eigenvalue weighted by Gasteiger charge is 2.36. The zero-order chi connectivity index (χ0) is 14.9. The highest BCUT2D eigenvalue weighted by atomic mass is 35.5. The second-order valence-electron chi connectivity index (χ2n) is 4.93. The van der Waals surface area contributed by atoms with Crippen LogP contribution in [0.1, 0.15) is 18.4 Å². The Bertz CT molecular complexity index is 631. The van der Waals surface area contributed by atoms with E-state index in [1.54, 1.807) is 25.1 Å². The molecule has 0 aromatic heterocycles. The summed E-state index contributed by atoms with van der Waals surface area (Å²) in [4.78, 5) is 12.3. The van der Waals surface area contributed by atoms with Gasteiger partial charge < -0.3 is 5.32 Å². The fourth-order valence-electron chi connectivity index (χ4n) is 2.36. The van der Waals surface area contributed by atoms with Gasteiger partial charge in [0.15, 0.2) is 0 Å². The largest absolute Gasteiger partial charge is 0.324 e. The average Bonchev–Trinajstić information content (AvgIpc) is 2.84. The molecule has 1 saturated heterocycles. The zero-order valence-corrected chi connectivity index (χ0v) is 13.0. The number of carbonyl (C=O) groups is 1. The van der Waals surface area contributed by atoms with Crippen molar-refractivity contribution in [3.8, 4) is 0 Å². The van der Waals surface area contributed by atoms with Crippen LogP contribution in [0.5, 0.6) is 0 Å². The molecule has 1 N–H and O–H groups in total. The highest BCUT2D eigenvalue weighted by Crippen LogP contribution is 2.25. The van der Waals surface area contributed by atoms with Crippen molar-refractivity contribution < 1.29 is 13.2 Å². The summed E-state index contributed by atoms with van der Waals surface area (Å²) < 4.78 is 24.5. The minimum absolute atomic E-state index is 0.307. The number of hydrogen-bond donors (Lipinski definition) is 1. The van der Waals surface area contributed by atoms with Crippen molar-refractivity contribution in [1.82, 2.24) is 4.31 Å². The number of anilines is 1. The van der Waals surface area contributed by atoms with Crippen LogP contribution >= 0.6 is 11.6 Å². The summed E-state index contributed by atoms with van der Waals surface area (Å²) in [7, 11) is -3.36. The maximum absolute atomic E-state index is 12.3. The molecule has 7 heteroatoms. The Hall–Kier alpha value is -1.11. The molecular formula is C13H17ClN2O3S. The van der Waals surface area contributed by atoms with Gasteiger partial charge in [-0.25, -0.2) is 8.42 Å². The maximum Gasteiger partial charge on any atom is 0.242 e. The minimum atomic E-state index is -3.36. The first-order valence-electron chi connectivity index (χ1n) is 6.33. The number of hydrogen-bond acceptors (Lipinski definition) is 3. The van der Waals surface area contributed by atoms with Gasteiger partial charge in [-0.1, -0.05) is 17.7 Å². The molecule has 1 aromatic carbocycles. The van der Waals surface area contributed by atoms with E-state index in [0.717, 1.165) is 11.8 Å². The van der Waals surface area contributed by atoms with Gasteiger partial charge in [-0.3, -0.25) is 4.79 Å². The molecule has 110 valence electrons. The van der Waals surface area contributed by atoms with E-state index >= 15 is 0 Å². The summed E-state index contributed by atoms with van der Waals surface area (Å²) in [6, 6.07) is 4.60. The fraction of sp³-hybridized carbons (Fsp3) is 0.462. The number of halogens is 1. The monoisotopic (exact) mass is 316 g/mol. The lowest BCUT2D eigenvalue weighted by molar-refractivity contribution is -0.119. The molecule has 0 spiro atoms. The maximum atomic E-state index is 12.3. The van der Waals surface area contributed by atoms with Crippen LogP contribution in [0.25, 0.3) is 0 Å². The summed E-state index contributed by atoms with van der Waals surface area (Å²) in [6.45, 7) is 2.20. The summed E-state index contributed by atoms with van der Waals surface area (Å²) in [6.07, 6.45) is 2.36.